The summed E-state index contributed by atoms with van der Waals surface area (Å²) >= 11 is 1.39. The van der Waals surface area contributed by atoms with Gasteiger partial charge in [-0.05, 0) is 12.1 Å². The minimum absolute atomic E-state index is 0.0264. The molecule has 1 amide bonds. The van der Waals surface area contributed by atoms with E-state index in [-0.39, 0.29) is 23.4 Å². The summed E-state index contributed by atoms with van der Waals surface area (Å²) in [5.41, 5.74) is 1.33. The van der Waals surface area contributed by atoms with E-state index in [9.17, 15) is 14.9 Å². The maximum atomic E-state index is 12.9. The van der Waals surface area contributed by atoms with Crippen molar-refractivity contribution >= 4 is 17.9 Å². The van der Waals surface area contributed by atoms with Crippen LogP contribution in [0.25, 0.3) is 11.3 Å². The van der Waals surface area contributed by atoms with E-state index < -0.39 is 11.7 Å². The molecule has 1 atom stereocenters. The monoisotopic (exact) mass is 399 g/mol. The number of carbonyl (C=O) groups is 1. The molecule has 0 aliphatic carbocycles. The van der Waals surface area contributed by atoms with E-state index in [0.717, 1.165) is 5.69 Å². The Balaban J connectivity index is 1.98. The van der Waals surface area contributed by atoms with Crippen molar-refractivity contribution in [3.05, 3.63) is 39.9 Å². The molecule has 0 bridgehead atoms. The van der Waals surface area contributed by atoms with Gasteiger partial charge in [-0.25, -0.2) is 9.78 Å². The number of thioether (sulfide) groups is 1. The van der Waals surface area contributed by atoms with Crippen molar-refractivity contribution in [2.24, 2.45) is 5.92 Å². The van der Waals surface area contributed by atoms with Crippen LogP contribution in [-0.4, -0.2) is 38.0 Å². The highest BCUT2D eigenvalue weighted by Gasteiger charge is 2.26. The van der Waals surface area contributed by atoms with Crippen LogP contribution < -0.4 is 10.9 Å². The molecule has 9 heteroatoms. The van der Waals surface area contributed by atoms with Gasteiger partial charge in [-0.15, -0.1) is 0 Å². The van der Waals surface area contributed by atoms with Crippen LogP contribution in [0.4, 0.5) is 4.79 Å². The molecule has 0 saturated heterocycles. The van der Waals surface area contributed by atoms with Gasteiger partial charge in [-0.1, -0.05) is 32.5 Å². The minimum Gasteiger partial charge on any atom is -0.465 e. The van der Waals surface area contributed by atoms with Gasteiger partial charge < -0.3 is 10.4 Å². The predicted octanol–water partition coefficient (Wildman–Crippen LogP) is 2.46. The Kier molecular flexibility index (Phi) is 5.42. The summed E-state index contributed by atoms with van der Waals surface area (Å²) in [5, 5.41) is 21.2. The van der Waals surface area contributed by atoms with Gasteiger partial charge in [0, 0.05) is 47.6 Å². The third kappa shape index (κ3) is 4.02. The van der Waals surface area contributed by atoms with Crippen molar-refractivity contribution < 1.29 is 9.90 Å². The number of rotatable bonds is 3. The van der Waals surface area contributed by atoms with Gasteiger partial charge in [-0.2, -0.15) is 5.26 Å². The Morgan fingerprint density at radius 1 is 1.46 bits per heavy atom. The maximum absolute atomic E-state index is 12.9. The summed E-state index contributed by atoms with van der Waals surface area (Å²) in [6, 6.07) is 5.70. The second kappa shape index (κ2) is 7.64. The first-order valence-corrected chi connectivity index (χ1v) is 9.80. The fraction of sp³-hybridized carbons (Fsp3) is 0.421. The summed E-state index contributed by atoms with van der Waals surface area (Å²) in [5.74, 6) is 0.595. The zero-order valence-electron chi connectivity index (χ0n) is 15.9. The van der Waals surface area contributed by atoms with E-state index in [0.29, 0.717) is 28.7 Å². The van der Waals surface area contributed by atoms with Gasteiger partial charge in [-0.3, -0.25) is 14.3 Å². The molecule has 0 fully saturated rings. The Labute approximate surface area is 166 Å². The molecular formula is C19H21N5O3S. The lowest BCUT2D eigenvalue weighted by Gasteiger charge is -2.25. The molecule has 2 aromatic heterocycles. The van der Waals surface area contributed by atoms with Crippen molar-refractivity contribution in [1.29, 1.82) is 5.26 Å². The molecule has 1 aliphatic rings. The highest BCUT2D eigenvalue weighted by molar-refractivity contribution is 7.99. The maximum Gasteiger partial charge on any atom is 0.404 e. The number of amides is 1. The van der Waals surface area contributed by atoms with Crippen molar-refractivity contribution in [2.75, 3.05) is 12.3 Å². The molecule has 0 spiro atoms. The summed E-state index contributed by atoms with van der Waals surface area (Å²) in [4.78, 5) is 32.6. The van der Waals surface area contributed by atoms with Gasteiger partial charge in [0.05, 0.1) is 5.69 Å². The van der Waals surface area contributed by atoms with Crippen molar-refractivity contribution in [3.63, 3.8) is 0 Å². The first-order valence-electron chi connectivity index (χ1n) is 8.82. The van der Waals surface area contributed by atoms with Crippen LogP contribution in [-0.2, 0) is 12.0 Å². The summed E-state index contributed by atoms with van der Waals surface area (Å²) in [6.45, 7) is 6.75. The van der Waals surface area contributed by atoms with E-state index in [1.54, 1.807) is 6.20 Å². The highest BCUT2D eigenvalue weighted by atomic mass is 32.2. The van der Waals surface area contributed by atoms with Crippen molar-refractivity contribution in [2.45, 2.75) is 37.9 Å². The zero-order chi connectivity index (χ0) is 20.5. The van der Waals surface area contributed by atoms with Gasteiger partial charge >= 0.3 is 6.09 Å². The van der Waals surface area contributed by atoms with Crippen LogP contribution >= 0.6 is 11.8 Å². The molecule has 3 heterocycles. The minimum atomic E-state index is -1.10. The van der Waals surface area contributed by atoms with Gasteiger partial charge in [0.15, 0.2) is 5.16 Å². The number of carboxylic acid groups (broad SMARTS) is 1. The third-order valence-corrected chi connectivity index (χ3v) is 5.69. The van der Waals surface area contributed by atoms with E-state index in [1.807, 2.05) is 18.2 Å². The lowest BCUT2D eigenvalue weighted by molar-refractivity contribution is 0.192. The van der Waals surface area contributed by atoms with Crippen molar-refractivity contribution in [3.8, 4) is 17.3 Å². The van der Waals surface area contributed by atoms with Gasteiger partial charge in [0.25, 0.3) is 5.56 Å². The quantitative estimate of drug-likeness (QED) is 0.761. The molecule has 28 heavy (non-hydrogen) atoms. The molecule has 0 radical (unpaired) electrons. The Hall–Kier alpha value is -2.86. The number of hydrogen-bond acceptors (Lipinski definition) is 6. The number of hydrogen-bond donors (Lipinski definition) is 2. The smallest absolute Gasteiger partial charge is 0.404 e. The average Bonchev–Trinajstić information content (AvgIpc) is 2.65. The van der Waals surface area contributed by atoms with Crippen LogP contribution in [0.5, 0.6) is 0 Å². The second-order valence-electron chi connectivity index (χ2n) is 7.69. The molecule has 3 rings (SSSR count). The second-order valence-corrected chi connectivity index (χ2v) is 8.68. The number of nitriles is 1. The van der Waals surface area contributed by atoms with Crippen LogP contribution in [0.3, 0.4) is 0 Å². The summed E-state index contributed by atoms with van der Waals surface area (Å²) in [7, 11) is 0. The lowest BCUT2D eigenvalue weighted by Crippen LogP contribution is -2.38. The predicted molar refractivity (Wildman–Crippen MR) is 105 cm³/mol. The first-order chi connectivity index (χ1) is 13.2. The average molecular weight is 399 g/mol. The topological polar surface area (TPSA) is 121 Å². The number of aromatic nitrogens is 3. The molecule has 1 unspecified atom stereocenters. The summed E-state index contributed by atoms with van der Waals surface area (Å²) in [6.07, 6.45) is 0.549. The van der Waals surface area contributed by atoms with Gasteiger partial charge in [0.1, 0.15) is 11.6 Å². The van der Waals surface area contributed by atoms with E-state index in [1.165, 1.54) is 16.3 Å². The van der Waals surface area contributed by atoms with Crippen molar-refractivity contribution in [1.82, 2.24) is 19.9 Å². The van der Waals surface area contributed by atoms with Crippen LogP contribution in [0.15, 0.2) is 28.3 Å². The first kappa shape index (κ1) is 19.9. The zero-order valence-corrected chi connectivity index (χ0v) is 16.7. The Bertz CT molecular complexity index is 1000. The molecule has 8 nitrogen and oxygen atoms in total. The molecular weight excluding hydrogens is 378 g/mol. The standard InChI is InChI=1S/C19H21N5O3S/c1-19(2,3)14-5-4-12(8-21-14)15-13(6-20)16(25)24-9-11(7-22-18(26)27)10-28-17(24)23-15/h4-5,8,11,22H,7,9-10H2,1-3H3,(H,26,27). The Morgan fingerprint density at radius 3 is 2.79 bits per heavy atom. The molecule has 0 saturated carbocycles. The van der Waals surface area contributed by atoms with E-state index >= 15 is 0 Å². The SMILES string of the molecule is CC(C)(C)c1ccc(-c2nc3n(c(=O)c2C#N)CC(CNC(=O)O)CS3)cn1. The lowest BCUT2D eigenvalue weighted by atomic mass is 9.91. The number of nitrogens with zero attached hydrogens (tertiary/aromatic N) is 4. The number of pyridine rings is 1. The fourth-order valence-corrected chi connectivity index (χ4v) is 4.03. The molecule has 2 aromatic rings. The van der Waals surface area contributed by atoms with Crippen LogP contribution in [0.2, 0.25) is 0 Å². The molecule has 1 aliphatic heterocycles. The number of fused-ring (bicyclic) bond motifs is 1. The number of nitrogens with one attached hydrogen (secondary N) is 1. The van der Waals surface area contributed by atoms with Crippen LogP contribution in [0.1, 0.15) is 32.0 Å². The van der Waals surface area contributed by atoms with Gasteiger partial charge in [0.2, 0.25) is 0 Å². The highest BCUT2D eigenvalue weighted by Crippen LogP contribution is 2.29. The normalized spacial score (nSPS) is 16.1. The Morgan fingerprint density at radius 2 is 2.21 bits per heavy atom. The fourth-order valence-electron chi connectivity index (χ4n) is 2.95. The van der Waals surface area contributed by atoms with E-state index in [4.69, 9.17) is 5.11 Å². The van der Waals surface area contributed by atoms with E-state index in [2.05, 4.69) is 36.1 Å². The largest absolute Gasteiger partial charge is 0.465 e. The third-order valence-electron chi connectivity index (χ3n) is 4.48. The molecule has 2 N–H and O–H groups in total. The molecule has 146 valence electrons. The molecule has 0 aromatic carbocycles. The van der Waals surface area contributed by atoms with Crippen LogP contribution in [0, 0.1) is 17.2 Å². The summed E-state index contributed by atoms with van der Waals surface area (Å²) < 4.78 is 1.46.